The lowest BCUT2D eigenvalue weighted by Gasteiger charge is -2.16. The van der Waals surface area contributed by atoms with Gasteiger partial charge in [-0.3, -0.25) is 48.2 Å². The highest BCUT2D eigenvalue weighted by Gasteiger charge is 2.39. The molecule has 224 valence electrons. The third kappa shape index (κ3) is 7.32. The maximum atomic E-state index is 11.6. The highest BCUT2D eigenvalue weighted by Crippen LogP contribution is 2.20. The Morgan fingerprint density at radius 3 is 1.45 bits per heavy atom. The van der Waals surface area contributed by atoms with Crippen LogP contribution in [0.5, 0.6) is 0 Å². The molecule has 16 heteroatoms. The van der Waals surface area contributed by atoms with E-state index >= 15 is 0 Å². The highest BCUT2D eigenvalue weighted by molar-refractivity contribution is 6.16. The molecule has 0 aromatic rings. The SMILES string of the molecule is CC1=CC(=O)N(CCC(=O)ON2C(=O)CC(C)C2=O)C1=O.CC1=CC(=O)N(CCC(=O)ON2C(=O)CCC2=O)C1=O.[CH3+]. The molecular weight excluding hydrogens is 560 g/mol. The van der Waals surface area contributed by atoms with Gasteiger partial charge in [0.25, 0.3) is 47.3 Å². The van der Waals surface area contributed by atoms with Crippen molar-refractivity contribution in [2.75, 3.05) is 13.1 Å². The number of amides is 8. The van der Waals surface area contributed by atoms with Gasteiger partial charge in [-0.2, -0.15) is 0 Å². The number of hydrogen-bond acceptors (Lipinski definition) is 12. The minimum Gasteiger partial charge on any atom is -0.330 e. The van der Waals surface area contributed by atoms with E-state index < -0.39 is 65.1 Å². The molecule has 0 bridgehead atoms. The van der Waals surface area contributed by atoms with Gasteiger partial charge in [0.1, 0.15) is 0 Å². The summed E-state index contributed by atoms with van der Waals surface area (Å²) in [4.78, 5) is 126. The fourth-order valence-corrected chi connectivity index (χ4v) is 3.91. The average Bonchev–Trinajstić information content (AvgIpc) is 3.52. The summed E-state index contributed by atoms with van der Waals surface area (Å²) in [5.41, 5.74) is 0.598. The van der Waals surface area contributed by atoms with E-state index in [-0.39, 0.29) is 52.6 Å². The summed E-state index contributed by atoms with van der Waals surface area (Å²) in [6.07, 6.45) is 1.82. The second-order valence-corrected chi connectivity index (χ2v) is 9.38. The van der Waals surface area contributed by atoms with Crippen molar-refractivity contribution in [3.63, 3.8) is 0 Å². The zero-order chi connectivity index (χ0) is 30.6. The van der Waals surface area contributed by atoms with Crippen molar-refractivity contribution < 1.29 is 57.6 Å². The van der Waals surface area contributed by atoms with Gasteiger partial charge >= 0.3 is 11.9 Å². The summed E-state index contributed by atoms with van der Waals surface area (Å²) in [7, 11) is 0. The van der Waals surface area contributed by atoms with Gasteiger partial charge in [-0.25, -0.2) is 9.59 Å². The van der Waals surface area contributed by atoms with Crippen LogP contribution in [0.2, 0.25) is 0 Å². The smallest absolute Gasteiger partial charge is 0.330 e. The van der Waals surface area contributed by atoms with Gasteiger partial charge in [0.05, 0.1) is 12.8 Å². The van der Waals surface area contributed by atoms with Gasteiger partial charge in [0, 0.05) is 69.0 Å². The van der Waals surface area contributed by atoms with Crippen LogP contribution in [-0.4, -0.2) is 92.2 Å². The van der Waals surface area contributed by atoms with Crippen molar-refractivity contribution in [3.8, 4) is 0 Å². The molecular formula is C26H29N4O12+. The standard InChI is InChI=1S/C13H14N2O6.C12H12N2O6.CH3/c1-7-5-9(16)14(12(7)19)4-3-11(18)21-15-10(17)6-8(2)13(15)20;1-7-6-10(17)13(12(7)19)5-4-11(18)20-14-8(15)2-3-9(14)16;/h5,8H,3-4,6H2,1-2H3;6H,2-5H2,1H3;1H3/q;;+1. The molecule has 0 aromatic heterocycles. The van der Waals surface area contributed by atoms with Gasteiger partial charge in [-0.05, 0) is 13.8 Å². The maximum absolute atomic E-state index is 11.6. The molecule has 0 radical (unpaired) electrons. The topological polar surface area (TPSA) is 202 Å². The van der Waals surface area contributed by atoms with Crippen LogP contribution in [0.4, 0.5) is 0 Å². The van der Waals surface area contributed by atoms with E-state index in [1.165, 1.54) is 26.0 Å². The van der Waals surface area contributed by atoms with Crippen molar-refractivity contribution in [1.82, 2.24) is 19.9 Å². The van der Waals surface area contributed by atoms with Crippen LogP contribution in [-0.2, 0) is 57.6 Å². The van der Waals surface area contributed by atoms with Crippen molar-refractivity contribution in [2.45, 2.75) is 52.9 Å². The lowest BCUT2D eigenvalue weighted by Crippen LogP contribution is -2.36. The number of hydroxylamine groups is 4. The molecule has 4 rings (SSSR count). The van der Waals surface area contributed by atoms with E-state index in [4.69, 9.17) is 4.84 Å². The number of nitrogens with zero attached hydrogens (tertiary/aromatic N) is 4. The molecule has 0 aromatic carbocycles. The van der Waals surface area contributed by atoms with E-state index in [1.54, 1.807) is 6.92 Å². The number of imide groups is 4. The Balaban J connectivity index is 0.000000287. The summed E-state index contributed by atoms with van der Waals surface area (Å²) in [5.74, 6) is -6.42. The van der Waals surface area contributed by atoms with E-state index in [1.807, 2.05) is 0 Å². The van der Waals surface area contributed by atoms with Crippen LogP contribution in [0.3, 0.4) is 0 Å². The molecule has 42 heavy (non-hydrogen) atoms. The van der Waals surface area contributed by atoms with E-state index in [0.717, 1.165) is 9.80 Å². The minimum absolute atomic E-state index is 0. The maximum Gasteiger partial charge on any atom is 0.335 e. The normalized spacial score (nSPS) is 20.1. The van der Waals surface area contributed by atoms with Gasteiger partial charge in [0.15, 0.2) is 0 Å². The number of hydrogen-bond donors (Lipinski definition) is 0. The Labute approximate surface area is 239 Å². The number of carbonyl (C=O) groups excluding carboxylic acids is 10. The zero-order valence-corrected chi connectivity index (χ0v) is 23.4. The van der Waals surface area contributed by atoms with Crippen LogP contribution >= 0.6 is 0 Å². The Bertz CT molecular complexity index is 1310. The van der Waals surface area contributed by atoms with Crippen LogP contribution < -0.4 is 0 Å². The fraction of sp³-hybridized carbons (Fsp3) is 0.423. The lowest BCUT2D eigenvalue weighted by atomic mass is 10.1. The molecule has 4 heterocycles. The molecule has 0 saturated carbocycles. The lowest BCUT2D eigenvalue weighted by molar-refractivity contribution is -0.198. The molecule has 1 atom stereocenters. The highest BCUT2D eigenvalue weighted by atomic mass is 16.7. The number of carbonyl (C=O) groups is 10. The summed E-state index contributed by atoms with van der Waals surface area (Å²) in [6.45, 7) is 4.25. The monoisotopic (exact) mass is 589 g/mol. The largest absolute Gasteiger partial charge is 0.335 e. The first-order chi connectivity index (χ1) is 19.2. The fourth-order valence-electron chi connectivity index (χ4n) is 3.91. The molecule has 0 N–H and O–H groups in total. The molecule has 4 aliphatic heterocycles. The molecule has 16 nitrogen and oxygen atoms in total. The zero-order valence-electron chi connectivity index (χ0n) is 23.4. The van der Waals surface area contributed by atoms with Gasteiger partial charge in [-0.15, -0.1) is 10.1 Å². The summed E-state index contributed by atoms with van der Waals surface area (Å²) >= 11 is 0. The van der Waals surface area contributed by atoms with Crippen molar-refractivity contribution in [2.24, 2.45) is 5.92 Å². The van der Waals surface area contributed by atoms with E-state index in [9.17, 15) is 47.9 Å². The average molecular weight is 590 g/mol. The van der Waals surface area contributed by atoms with Gasteiger partial charge in [0.2, 0.25) is 0 Å². The van der Waals surface area contributed by atoms with Crippen LogP contribution in [0.1, 0.15) is 52.9 Å². The van der Waals surface area contributed by atoms with E-state index in [2.05, 4.69) is 4.84 Å². The van der Waals surface area contributed by atoms with Gasteiger partial charge < -0.3 is 9.68 Å². The van der Waals surface area contributed by atoms with Crippen LogP contribution in [0.25, 0.3) is 0 Å². The molecule has 4 aliphatic rings. The van der Waals surface area contributed by atoms with Crippen LogP contribution in [0, 0.1) is 13.3 Å². The van der Waals surface area contributed by atoms with Crippen molar-refractivity contribution >= 4 is 59.2 Å². The number of rotatable bonds is 8. The quantitative estimate of drug-likeness (QED) is 0.255. The van der Waals surface area contributed by atoms with Crippen LogP contribution in [0.15, 0.2) is 23.3 Å². The molecule has 8 amide bonds. The molecule has 2 fully saturated rings. The predicted molar refractivity (Wildman–Crippen MR) is 136 cm³/mol. The summed E-state index contributed by atoms with van der Waals surface area (Å²) in [5, 5.41) is 0.879. The van der Waals surface area contributed by atoms with Crippen molar-refractivity contribution in [3.05, 3.63) is 30.7 Å². The Hall–Kier alpha value is -5.15. The molecule has 2 saturated heterocycles. The second kappa shape index (κ2) is 13.5. The molecule has 0 spiro atoms. The van der Waals surface area contributed by atoms with E-state index in [0.29, 0.717) is 21.3 Å². The summed E-state index contributed by atoms with van der Waals surface area (Å²) < 4.78 is 0. The first-order valence-electron chi connectivity index (χ1n) is 12.4. The Morgan fingerprint density at radius 2 is 1.12 bits per heavy atom. The van der Waals surface area contributed by atoms with Gasteiger partial charge in [-0.1, -0.05) is 6.92 Å². The summed E-state index contributed by atoms with van der Waals surface area (Å²) in [6, 6.07) is 0. The van der Waals surface area contributed by atoms with Crippen molar-refractivity contribution in [1.29, 1.82) is 0 Å². The third-order valence-electron chi connectivity index (χ3n) is 6.18. The predicted octanol–water partition coefficient (Wildman–Crippen LogP) is -0.706. The second-order valence-electron chi connectivity index (χ2n) is 9.38. The first-order valence-corrected chi connectivity index (χ1v) is 12.4. The third-order valence-corrected chi connectivity index (χ3v) is 6.18. The minimum atomic E-state index is -0.851. The molecule has 0 aliphatic carbocycles. The Kier molecular flexibility index (Phi) is 10.6. The Morgan fingerprint density at radius 1 is 0.714 bits per heavy atom. The first kappa shape index (κ1) is 33.1. The molecule has 1 unspecified atom stereocenters.